The van der Waals surface area contributed by atoms with Gasteiger partial charge in [0.1, 0.15) is 16.5 Å². The molecular weight excluding hydrogens is 412 g/mol. The third kappa shape index (κ3) is 3.84. The summed E-state index contributed by atoms with van der Waals surface area (Å²) < 4.78 is 52.4. The molecule has 152 valence electrons. The lowest BCUT2D eigenvalue weighted by Gasteiger charge is -2.07. The van der Waals surface area contributed by atoms with Crippen molar-refractivity contribution in [1.82, 2.24) is 15.2 Å². The van der Waals surface area contributed by atoms with E-state index in [1.54, 1.807) is 24.4 Å². The van der Waals surface area contributed by atoms with Gasteiger partial charge in [-0.25, -0.2) is 22.2 Å². The monoisotopic (exact) mass is 427 g/mol. The van der Waals surface area contributed by atoms with Crippen LogP contribution in [0.2, 0.25) is 0 Å². The van der Waals surface area contributed by atoms with Gasteiger partial charge in [-0.1, -0.05) is 12.1 Å². The number of carbonyl (C=O) groups excluding carboxylic acids is 1. The van der Waals surface area contributed by atoms with Crippen LogP contribution in [0.15, 0.2) is 70.7 Å². The number of ketones is 1. The van der Waals surface area contributed by atoms with Crippen molar-refractivity contribution in [3.05, 3.63) is 83.7 Å². The zero-order chi connectivity index (χ0) is 21.3. The van der Waals surface area contributed by atoms with E-state index in [2.05, 4.69) is 15.2 Å². The van der Waals surface area contributed by atoms with Crippen LogP contribution in [0, 0.1) is 11.6 Å². The number of rotatable bonds is 6. The molecule has 1 N–H and O–H groups in total. The van der Waals surface area contributed by atoms with Gasteiger partial charge < -0.3 is 0 Å². The number of nitrogens with one attached hydrogen (secondary N) is 1. The summed E-state index contributed by atoms with van der Waals surface area (Å²) in [5, 5.41) is 7.31. The fourth-order valence-electron chi connectivity index (χ4n) is 3.04. The Morgan fingerprint density at radius 1 is 1.00 bits per heavy atom. The number of H-pyrrole nitrogens is 1. The lowest BCUT2D eigenvalue weighted by molar-refractivity contribution is 0.0982. The lowest BCUT2D eigenvalue weighted by Crippen LogP contribution is -2.06. The van der Waals surface area contributed by atoms with E-state index < -0.39 is 26.4 Å². The number of pyridine rings is 1. The van der Waals surface area contributed by atoms with Crippen LogP contribution in [-0.2, 0) is 16.3 Å². The third-order valence-corrected chi connectivity index (χ3v) is 6.46. The highest BCUT2D eigenvalue weighted by Gasteiger charge is 2.22. The second kappa shape index (κ2) is 7.75. The van der Waals surface area contributed by atoms with Gasteiger partial charge in [0, 0.05) is 23.6 Å². The highest BCUT2D eigenvalue weighted by Crippen LogP contribution is 2.25. The molecule has 0 bridgehead atoms. The fourth-order valence-corrected chi connectivity index (χ4v) is 4.38. The molecule has 0 amide bonds. The maximum Gasteiger partial charge on any atom is 0.209 e. The maximum absolute atomic E-state index is 13.9. The van der Waals surface area contributed by atoms with Crippen molar-refractivity contribution in [2.24, 2.45) is 0 Å². The summed E-state index contributed by atoms with van der Waals surface area (Å²) in [5.74, 6) is -1.97. The van der Waals surface area contributed by atoms with Crippen LogP contribution in [0.5, 0.6) is 0 Å². The number of sulfone groups is 1. The highest BCUT2D eigenvalue weighted by atomic mass is 32.2. The molecule has 4 rings (SSSR count). The highest BCUT2D eigenvalue weighted by molar-refractivity contribution is 7.91. The van der Waals surface area contributed by atoms with Gasteiger partial charge in [0.25, 0.3) is 0 Å². The van der Waals surface area contributed by atoms with Gasteiger partial charge in [-0.05, 0) is 48.4 Å². The Kier molecular flexibility index (Phi) is 5.13. The quantitative estimate of drug-likeness (QED) is 0.472. The van der Waals surface area contributed by atoms with E-state index in [9.17, 15) is 22.0 Å². The van der Waals surface area contributed by atoms with Crippen molar-refractivity contribution in [3.63, 3.8) is 0 Å². The van der Waals surface area contributed by atoms with Crippen LogP contribution in [0.25, 0.3) is 11.0 Å². The maximum atomic E-state index is 13.9. The van der Waals surface area contributed by atoms with Crippen LogP contribution in [0.3, 0.4) is 0 Å². The summed E-state index contributed by atoms with van der Waals surface area (Å²) in [6.45, 7) is 0. The van der Waals surface area contributed by atoms with Crippen LogP contribution in [0.4, 0.5) is 8.78 Å². The number of hydrogen-bond acceptors (Lipinski definition) is 5. The molecule has 0 fully saturated rings. The predicted octanol–water partition coefficient (Wildman–Crippen LogP) is 3.88. The summed E-state index contributed by atoms with van der Waals surface area (Å²) in [5.41, 5.74) is 1.79. The Bertz CT molecular complexity index is 1350. The molecule has 0 aliphatic carbocycles. The van der Waals surface area contributed by atoms with Crippen LogP contribution < -0.4 is 0 Å². The molecule has 2 aromatic carbocycles. The molecule has 30 heavy (non-hydrogen) atoms. The first-order valence-electron chi connectivity index (χ1n) is 8.96. The Morgan fingerprint density at radius 2 is 1.77 bits per heavy atom. The standard InChI is InChI=1S/C21H15F2N3O3S/c22-16-4-7-18(23)20(10-16)30(28,29)17-5-1-13(2-6-17)3-8-19(27)14-9-15-12-25-26-21(15)24-11-14/h1-2,4-7,9-12H,3,8H2,(H,24,25,26). The number of Topliss-reactive ketones (excluding diaryl/α,β-unsaturated/α-hetero) is 1. The second-order valence-electron chi connectivity index (χ2n) is 6.68. The van der Waals surface area contributed by atoms with Gasteiger partial charge in [-0.15, -0.1) is 0 Å². The topological polar surface area (TPSA) is 92.8 Å². The average Bonchev–Trinajstić information content (AvgIpc) is 3.22. The summed E-state index contributed by atoms with van der Waals surface area (Å²) >= 11 is 0. The minimum absolute atomic E-state index is 0.107. The van der Waals surface area contributed by atoms with E-state index in [1.165, 1.54) is 18.3 Å². The first kappa shape index (κ1) is 19.8. The van der Waals surface area contributed by atoms with E-state index in [1.807, 2.05) is 0 Å². The zero-order valence-corrected chi connectivity index (χ0v) is 16.3. The number of hydrogen-bond donors (Lipinski definition) is 1. The molecule has 0 atom stereocenters. The van der Waals surface area contributed by atoms with Crippen LogP contribution >= 0.6 is 0 Å². The number of nitrogens with zero attached hydrogens (tertiary/aromatic N) is 2. The average molecular weight is 427 g/mol. The number of fused-ring (bicyclic) bond motifs is 1. The third-order valence-electron chi connectivity index (χ3n) is 4.67. The molecule has 2 aromatic heterocycles. The normalized spacial score (nSPS) is 11.7. The number of aromatic nitrogens is 3. The van der Waals surface area contributed by atoms with Crippen LogP contribution in [0.1, 0.15) is 22.3 Å². The molecule has 2 heterocycles. The summed E-state index contributed by atoms with van der Waals surface area (Å²) in [6, 6.07) is 9.73. The Labute approximate surface area is 170 Å². The second-order valence-corrected chi connectivity index (χ2v) is 8.60. The first-order valence-corrected chi connectivity index (χ1v) is 10.4. The van der Waals surface area contributed by atoms with Gasteiger partial charge >= 0.3 is 0 Å². The number of halogens is 2. The van der Waals surface area contributed by atoms with E-state index in [4.69, 9.17) is 0 Å². The summed E-state index contributed by atoms with van der Waals surface area (Å²) in [6.07, 6.45) is 3.65. The molecule has 0 saturated carbocycles. The van der Waals surface area contributed by atoms with Crippen molar-refractivity contribution in [1.29, 1.82) is 0 Å². The number of aromatic amines is 1. The summed E-state index contributed by atoms with van der Waals surface area (Å²) in [4.78, 5) is 15.7. The van der Waals surface area contributed by atoms with Gasteiger partial charge in [0.05, 0.1) is 11.1 Å². The molecule has 0 unspecified atom stereocenters. The SMILES string of the molecule is O=C(CCc1ccc(S(=O)(=O)c2cc(F)ccc2F)cc1)c1cnc2[nH]ncc2c1. The molecule has 0 radical (unpaired) electrons. The van der Waals surface area contributed by atoms with E-state index in [-0.39, 0.29) is 17.1 Å². The fraction of sp³-hybridized carbons (Fsp3) is 0.0952. The Balaban J connectivity index is 1.48. The Morgan fingerprint density at radius 3 is 2.53 bits per heavy atom. The Hall–Kier alpha value is -3.46. The van der Waals surface area contributed by atoms with E-state index >= 15 is 0 Å². The van der Waals surface area contributed by atoms with Gasteiger partial charge in [-0.3, -0.25) is 9.89 Å². The van der Waals surface area contributed by atoms with Gasteiger partial charge in [-0.2, -0.15) is 5.10 Å². The number of carbonyl (C=O) groups is 1. The summed E-state index contributed by atoms with van der Waals surface area (Å²) in [7, 11) is -4.20. The van der Waals surface area contributed by atoms with Crippen molar-refractivity contribution >= 4 is 26.7 Å². The number of aryl methyl sites for hydroxylation is 1. The molecule has 0 spiro atoms. The van der Waals surface area contributed by atoms with Gasteiger partial charge in [0.15, 0.2) is 11.4 Å². The molecule has 4 aromatic rings. The molecule has 0 saturated heterocycles. The predicted molar refractivity (Wildman–Crippen MR) is 105 cm³/mol. The zero-order valence-electron chi connectivity index (χ0n) is 15.5. The lowest BCUT2D eigenvalue weighted by atomic mass is 10.0. The largest absolute Gasteiger partial charge is 0.294 e. The van der Waals surface area contributed by atoms with Crippen molar-refractivity contribution in [3.8, 4) is 0 Å². The van der Waals surface area contributed by atoms with E-state index in [0.717, 1.165) is 23.1 Å². The molecular formula is C21H15F2N3O3S. The molecule has 9 heteroatoms. The molecule has 0 aliphatic rings. The van der Waals surface area contributed by atoms with Crippen molar-refractivity contribution in [2.45, 2.75) is 22.6 Å². The number of benzene rings is 2. The minimum atomic E-state index is -4.20. The van der Waals surface area contributed by atoms with Crippen molar-refractivity contribution in [2.75, 3.05) is 0 Å². The van der Waals surface area contributed by atoms with Crippen molar-refractivity contribution < 1.29 is 22.0 Å². The molecule has 6 nitrogen and oxygen atoms in total. The van der Waals surface area contributed by atoms with Crippen LogP contribution in [-0.4, -0.2) is 29.4 Å². The smallest absolute Gasteiger partial charge is 0.209 e. The molecule has 0 aliphatic heterocycles. The first-order chi connectivity index (χ1) is 14.3. The van der Waals surface area contributed by atoms with Gasteiger partial charge in [0.2, 0.25) is 9.84 Å². The van der Waals surface area contributed by atoms with E-state index in [0.29, 0.717) is 23.7 Å². The minimum Gasteiger partial charge on any atom is -0.294 e.